The van der Waals surface area contributed by atoms with Crippen molar-refractivity contribution >= 4 is 11.9 Å². The van der Waals surface area contributed by atoms with Crippen LogP contribution in [-0.4, -0.2) is 49.8 Å². The number of esters is 2. The Morgan fingerprint density at radius 2 is 2.00 bits per heavy atom. The van der Waals surface area contributed by atoms with Crippen molar-refractivity contribution in [3.8, 4) is 23.0 Å². The third kappa shape index (κ3) is 3.92. The number of aromatic hydroxyl groups is 1. The molecule has 0 saturated carbocycles. The summed E-state index contributed by atoms with van der Waals surface area (Å²) in [6.45, 7) is 2.44. The number of carbonyl (C=O) groups excluding carboxylic acids is 2. The minimum atomic E-state index is -0.747. The molecular weight excluding hydrogens is 360 g/mol. The van der Waals surface area contributed by atoms with Gasteiger partial charge >= 0.3 is 11.9 Å². The molecule has 0 amide bonds. The number of phenols is 1. The fraction of sp³-hybridized carbons (Fsp3) is 0.444. The molecule has 1 aromatic rings. The zero-order valence-electron chi connectivity index (χ0n) is 15.1. The highest BCUT2D eigenvalue weighted by Crippen LogP contribution is 2.51. The Balaban J connectivity index is 1.91. The van der Waals surface area contributed by atoms with E-state index in [4.69, 9.17) is 28.4 Å². The van der Waals surface area contributed by atoms with Crippen LogP contribution in [0.3, 0.4) is 0 Å². The predicted molar refractivity (Wildman–Crippen MR) is 89.7 cm³/mol. The van der Waals surface area contributed by atoms with Gasteiger partial charge in [-0.3, -0.25) is 9.59 Å². The zero-order chi connectivity index (χ0) is 19.6. The lowest BCUT2D eigenvalue weighted by Gasteiger charge is -2.32. The van der Waals surface area contributed by atoms with Gasteiger partial charge in [-0.1, -0.05) is 6.08 Å². The lowest BCUT2D eigenvalue weighted by molar-refractivity contribution is -0.163. The summed E-state index contributed by atoms with van der Waals surface area (Å²) in [6, 6.07) is 1.59. The highest BCUT2D eigenvalue weighted by Gasteiger charge is 2.35. The Morgan fingerprint density at radius 3 is 2.67 bits per heavy atom. The van der Waals surface area contributed by atoms with Crippen molar-refractivity contribution < 1.29 is 43.1 Å². The van der Waals surface area contributed by atoms with Gasteiger partial charge < -0.3 is 33.5 Å². The maximum atomic E-state index is 11.3. The van der Waals surface area contributed by atoms with E-state index in [1.54, 1.807) is 18.2 Å². The van der Waals surface area contributed by atoms with Crippen molar-refractivity contribution in [1.82, 2.24) is 0 Å². The van der Waals surface area contributed by atoms with Crippen LogP contribution in [0.4, 0.5) is 0 Å². The molecule has 0 fully saturated rings. The topological polar surface area (TPSA) is 110 Å². The largest absolute Gasteiger partial charge is 0.504 e. The van der Waals surface area contributed by atoms with Gasteiger partial charge in [0.2, 0.25) is 18.3 Å². The van der Waals surface area contributed by atoms with Gasteiger partial charge in [0.25, 0.3) is 0 Å². The molecule has 0 saturated heterocycles. The van der Waals surface area contributed by atoms with E-state index in [1.165, 1.54) is 21.0 Å². The number of ether oxygens (including phenoxy) is 6. The van der Waals surface area contributed by atoms with E-state index in [-0.39, 0.29) is 24.9 Å². The molecule has 1 aromatic carbocycles. The van der Waals surface area contributed by atoms with Crippen molar-refractivity contribution in [2.45, 2.75) is 32.2 Å². The molecule has 0 unspecified atom stereocenters. The maximum absolute atomic E-state index is 11.3. The van der Waals surface area contributed by atoms with Crippen LogP contribution in [0, 0.1) is 0 Å². The second-order valence-electron chi connectivity index (χ2n) is 5.94. The van der Waals surface area contributed by atoms with E-state index in [2.05, 4.69) is 0 Å². The van der Waals surface area contributed by atoms with Gasteiger partial charge in [0.1, 0.15) is 24.9 Å². The second-order valence-corrected chi connectivity index (χ2v) is 5.94. The van der Waals surface area contributed by atoms with Crippen LogP contribution >= 0.6 is 0 Å². The number of methoxy groups -OCH3 is 1. The summed E-state index contributed by atoms with van der Waals surface area (Å²) in [5, 5.41) is 10.6. The fourth-order valence-corrected chi connectivity index (χ4v) is 2.89. The third-order valence-electron chi connectivity index (χ3n) is 4.05. The number of fused-ring (bicyclic) bond motifs is 1. The average Bonchev–Trinajstić information content (AvgIpc) is 3.08. The molecular formula is C18H20O9. The number of benzene rings is 1. The van der Waals surface area contributed by atoms with Crippen molar-refractivity contribution in [2.75, 3.05) is 20.5 Å². The lowest BCUT2D eigenvalue weighted by atomic mass is 10.0. The molecule has 0 aliphatic carbocycles. The Morgan fingerprint density at radius 1 is 1.22 bits per heavy atom. The molecule has 9 heteroatoms. The van der Waals surface area contributed by atoms with Gasteiger partial charge in [-0.25, -0.2) is 0 Å². The summed E-state index contributed by atoms with van der Waals surface area (Å²) in [5.74, 6) is -0.279. The molecule has 2 aliphatic heterocycles. The molecule has 0 bridgehead atoms. The van der Waals surface area contributed by atoms with Crippen molar-refractivity contribution in [3.63, 3.8) is 0 Å². The summed E-state index contributed by atoms with van der Waals surface area (Å²) >= 11 is 0. The average molecular weight is 380 g/mol. The van der Waals surface area contributed by atoms with E-state index < -0.39 is 30.3 Å². The smallest absolute Gasteiger partial charge is 0.303 e. The lowest BCUT2D eigenvalue weighted by Crippen LogP contribution is -2.39. The van der Waals surface area contributed by atoms with E-state index in [1.807, 2.05) is 0 Å². The van der Waals surface area contributed by atoms with Gasteiger partial charge in [-0.05, 0) is 12.1 Å². The van der Waals surface area contributed by atoms with E-state index >= 15 is 0 Å². The SMILES string of the molecule is COc1c(O)c([C@@H]2C=C[C@H](OC(C)=O)[C@@H](COC(C)=O)O2)cc2c1OCO2. The van der Waals surface area contributed by atoms with E-state index in [0.29, 0.717) is 17.1 Å². The van der Waals surface area contributed by atoms with Crippen LogP contribution in [-0.2, 0) is 23.8 Å². The van der Waals surface area contributed by atoms with E-state index in [0.717, 1.165) is 0 Å². The molecule has 0 spiro atoms. The number of carbonyl (C=O) groups is 2. The van der Waals surface area contributed by atoms with Crippen molar-refractivity contribution in [2.24, 2.45) is 0 Å². The maximum Gasteiger partial charge on any atom is 0.303 e. The summed E-state index contributed by atoms with van der Waals surface area (Å²) in [4.78, 5) is 22.4. The fourth-order valence-electron chi connectivity index (χ4n) is 2.89. The molecule has 3 rings (SSSR count). The van der Waals surface area contributed by atoms with Gasteiger partial charge in [-0.15, -0.1) is 0 Å². The molecule has 146 valence electrons. The minimum Gasteiger partial charge on any atom is -0.504 e. The predicted octanol–water partition coefficient (Wildman–Crippen LogP) is 1.62. The van der Waals surface area contributed by atoms with Crippen LogP contribution in [0.25, 0.3) is 0 Å². The first kappa shape index (κ1) is 18.8. The molecule has 0 aromatic heterocycles. The first-order valence-electron chi connectivity index (χ1n) is 8.24. The van der Waals surface area contributed by atoms with E-state index in [9.17, 15) is 14.7 Å². The summed E-state index contributed by atoms with van der Waals surface area (Å²) in [6.07, 6.45) is 1.08. The molecule has 9 nitrogen and oxygen atoms in total. The molecule has 2 aliphatic rings. The first-order chi connectivity index (χ1) is 12.9. The summed E-state index contributed by atoms with van der Waals surface area (Å²) in [5.41, 5.74) is 0.376. The van der Waals surface area contributed by atoms with Crippen LogP contribution in [0.15, 0.2) is 18.2 Å². The quantitative estimate of drug-likeness (QED) is 0.602. The second kappa shape index (κ2) is 7.75. The van der Waals surface area contributed by atoms with Gasteiger partial charge in [-0.2, -0.15) is 0 Å². The summed E-state index contributed by atoms with van der Waals surface area (Å²) in [7, 11) is 1.40. The highest BCUT2D eigenvalue weighted by molar-refractivity contribution is 5.67. The van der Waals surface area contributed by atoms with Crippen LogP contribution in [0.5, 0.6) is 23.0 Å². The molecule has 3 atom stereocenters. The summed E-state index contributed by atoms with van der Waals surface area (Å²) < 4.78 is 32.0. The van der Waals surface area contributed by atoms with Crippen LogP contribution < -0.4 is 14.2 Å². The zero-order valence-corrected chi connectivity index (χ0v) is 15.1. The normalized spacial score (nSPS) is 23.0. The van der Waals surface area contributed by atoms with Gasteiger partial charge in [0.15, 0.2) is 11.5 Å². The minimum absolute atomic E-state index is 0.0134. The Labute approximate surface area is 155 Å². The monoisotopic (exact) mass is 380 g/mol. The molecule has 0 radical (unpaired) electrons. The van der Waals surface area contributed by atoms with Crippen LogP contribution in [0.1, 0.15) is 25.5 Å². The van der Waals surface area contributed by atoms with Crippen molar-refractivity contribution in [3.05, 3.63) is 23.8 Å². The molecule has 1 N–H and O–H groups in total. The first-order valence-corrected chi connectivity index (χ1v) is 8.24. The number of rotatable bonds is 5. The Kier molecular flexibility index (Phi) is 5.41. The van der Waals surface area contributed by atoms with Gasteiger partial charge in [0.05, 0.1) is 7.11 Å². The number of phenolic OH excluding ortho intramolecular Hbond substituents is 1. The Bertz CT molecular complexity index is 771. The Hall–Kier alpha value is -2.94. The highest BCUT2D eigenvalue weighted by atomic mass is 16.7. The molecule has 2 heterocycles. The number of hydrogen-bond donors (Lipinski definition) is 1. The van der Waals surface area contributed by atoms with Crippen LogP contribution in [0.2, 0.25) is 0 Å². The third-order valence-corrected chi connectivity index (χ3v) is 4.05. The molecule has 27 heavy (non-hydrogen) atoms. The number of hydrogen-bond acceptors (Lipinski definition) is 9. The standard InChI is InChI=1S/C18H20O9/c1-9(19)23-7-15-13(26-10(2)20)5-4-12(27-15)11-6-14-17(25-8-24-14)18(22-3)16(11)21/h4-6,12-13,15,21H,7-8H2,1-3H3/t12-,13-,15+/m0/s1. The van der Waals surface area contributed by atoms with Crippen molar-refractivity contribution in [1.29, 1.82) is 0 Å². The van der Waals surface area contributed by atoms with Gasteiger partial charge in [0, 0.05) is 19.4 Å².